The van der Waals surface area contributed by atoms with Crippen molar-refractivity contribution in [3.8, 4) is 0 Å². The van der Waals surface area contributed by atoms with Gasteiger partial charge in [0.25, 0.3) is 0 Å². The van der Waals surface area contributed by atoms with Gasteiger partial charge >= 0.3 is 0 Å². The molecule has 60 valence electrons. The first-order valence-electron chi connectivity index (χ1n) is 2.95. The lowest BCUT2D eigenvalue weighted by molar-refractivity contribution is -0.0470. The molecule has 0 rings (SSSR count). The fourth-order valence-electron chi connectivity index (χ4n) is 0.430. The first-order chi connectivity index (χ1) is 4.54. The smallest absolute Gasteiger partial charge is 0.188 e. The van der Waals surface area contributed by atoms with Gasteiger partial charge in [0.05, 0.1) is 0 Å². The topological polar surface area (TPSA) is 93.6 Å². The molecule has 0 bridgehead atoms. The van der Waals surface area contributed by atoms with Crippen LogP contribution in [-0.4, -0.2) is 41.0 Å². The van der Waals surface area contributed by atoms with E-state index in [9.17, 15) is 0 Å². The summed E-state index contributed by atoms with van der Waals surface area (Å²) in [6, 6.07) is 0. The minimum Gasteiger partial charge on any atom is -0.370 e. The Hall–Kier alpha value is -0.810. The van der Waals surface area contributed by atoms with E-state index in [-0.39, 0.29) is 12.4 Å². The number of nitrogens with two attached hydrogens (primary N) is 1. The molecule has 0 spiro atoms. The zero-order chi connectivity index (χ0) is 8.15. The Morgan fingerprint density at radius 1 is 1.70 bits per heavy atom. The van der Waals surface area contributed by atoms with Crippen LogP contribution in [0.5, 0.6) is 0 Å². The second-order valence-corrected chi connectivity index (χ2v) is 2.08. The summed E-state index contributed by atoms with van der Waals surface area (Å²) in [7, 11) is 1.62. The highest BCUT2D eigenvalue weighted by Gasteiger charge is 2.01. The maximum Gasteiger partial charge on any atom is 0.188 e. The van der Waals surface area contributed by atoms with Gasteiger partial charge < -0.3 is 20.8 Å². The van der Waals surface area contributed by atoms with Crippen LogP contribution in [0.3, 0.4) is 0 Å². The van der Waals surface area contributed by atoms with Crippen LogP contribution in [0.4, 0.5) is 0 Å². The van der Waals surface area contributed by atoms with Crippen LogP contribution in [0, 0.1) is 5.41 Å². The molecule has 0 aromatic carbocycles. The lowest BCUT2D eigenvalue weighted by atomic mass is 10.4. The van der Waals surface area contributed by atoms with E-state index in [1.165, 1.54) is 4.90 Å². The van der Waals surface area contributed by atoms with Crippen molar-refractivity contribution in [2.45, 2.75) is 12.7 Å². The SMILES string of the molecule is CN(CCC(O)O)C(=N)N. The van der Waals surface area contributed by atoms with E-state index in [0.29, 0.717) is 6.54 Å². The van der Waals surface area contributed by atoms with E-state index in [0.717, 1.165) is 0 Å². The van der Waals surface area contributed by atoms with Gasteiger partial charge in [0.15, 0.2) is 12.2 Å². The first-order valence-corrected chi connectivity index (χ1v) is 2.95. The Kier molecular flexibility index (Phi) is 3.75. The predicted molar refractivity (Wildman–Crippen MR) is 37.4 cm³/mol. The fourth-order valence-corrected chi connectivity index (χ4v) is 0.430. The standard InChI is InChI=1S/C5H13N3O2/c1-8(5(6)7)3-2-4(9)10/h4,9-10H,2-3H2,1H3,(H3,6,7). The molecule has 0 aliphatic carbocycles. The van der Waals surface area contributed by atoms with E-state index >= 15 is 0 Å². The van der Waals surface area contributed by atoms with E-state index in [2.05, 4.69) is 0 Å². The van der Waals surface area contributed by atoms with Gasteiger partial charge in [0.1, 0.15) is 0 Å². The van der Waals surface area contributed by atoms with Crippen molar-refractivity contribution in [1.82, 2.24) is 4.90 Å². The summed E-state index contributed by atoms with van der Waals surface area (Å²) in [5, 5.41) is 23.7. The molecule has 0 aliphatic heterocycles. The number of nitrogens with zero attached hydrogens (tertiary/aromatic N) is 1. The molecule has 10 heavy (non-hydrogen) atoms. The molecular formula is C5H13N3O2. The molecule has 0 amide bonds. The van der Waals surface area contributed by atoms with E-state index in [1.807, 2.05) is 0 Å². The Morgan fingerprint density at radius 2 is 2.20 bits per heavy atom. The molecule has 0 saturated heterocycles. The van der Waals surface area contributed by atoms with Gasteiger partial charge in [0, 0.05) is 20.0 Å². The van der Waals surface area contributed by atoms with Crippen molar-refractivity contribution in [2.75, 3.05) is 13.6 Å². The summed E-state index contributed by atoms with van der Waals surface area (Å²) in [4.78, 5) is 1.43. The minimum atomic E-state index is -1.32. The van der Waals surface area contributed by atoms with Gasteiger partial charge in [-0.2, -0.15) is 0 Å². The van der Waals surface area contributed by atoms with E-state index in [4.69, 9.17) is 21.4 Å². The average Bonchev–Trinajstić information content (AvgIpc) is 1.82. The van der Waals surface area contributed by atoms with Crippen LogP contribution in [0.25, 0.3) is 0 Å². The average molecular weight is 147 g/mol. The van der Waals surface area contributed by atoms with Gasteiger partial charge in [-0.1, -0.05) is 0 Å². The van der Waals surface area contributed by atoms with Gasteiger partial charge in [0.2, 0.25) is 0 Å². The third kappa shape index (κ3) is 4.11. The molecule has 0 aromatic heterocycles. The molecule has 0 atom stereocenters. The zero-order valence-corrected chi connectivity index (χ0v) is 5.91. The van der Waals surface area contributed by atoms with Crippen LogP contribution in [0.2, 0.25) is 0 Å². The Labute approximate surface area is 59.6 Å². The second kappa shape index (κ2) is 4.08. The molecule has 5 heteroatoms. The molecule has 0 unspecified atom stereocenters. The monoisotopic (exact) mass is 147 g/mol. The maximum atomic E-state index is 8.40. The number of hydrogen-bond acceptors (Lipinski definition) is 3. The van der Waals surface area contributed by atoms with Crippen molar-refractivity contribution in [3.05, 3.63) is 0 Å². The quantitative estimate of drug-likeness (QED) is 0.222. The largest absolute Gasteiger partial charge is 0.370 e. The van der Waals surface area contributed by atoms with Crippen LogP contribution >= 0.6 is 0 Å². The van der Waals surface area contributed by atoms with Crippen molar-refractivity contribution in [3.63, 3.8) is 0 Å². The highest BCUT2D eigenvalue weighted by atomic mass is 16.5. The third-order valence-electron chi connectivity index (χ3n) is 1.13. The second-order valence-electron chi connectivity index (χ2n) is 2.08. The number of nitrogens with one attached hydrogen (secondary N) is 1. The maximum absolute atomic E-state index is 8.40. The Bertz CT molecular complexity index is 115. The van der Waals surface area contributed by atoms with Crippen molar-refractivity contribution < 1.29 is 10.2 Å². The number of aliphatic hydroxyl groups excluding tert-OH is 1. The highest BCUT2D eigenvalue weighted by Crippen LogP contribution is 1.88. The lowest BCUT2D eigenvalue weighted by Crippen LogP contribution is -2.34. The van der Waals surface area contributed by atoms with E-state index in [1.54, 1.807) is 7.05 Å². The first kappa shape index (κ1) is 9.19. The van der Waals surface area contributed by atoms with Crippen molar-refractivity contribution in [1.29, 1.82) is 5.41 Å². The summed E-state index contributed by atoms with van der Waals surface area (Å²) in [5.41, 5.74) is 5.07. The van der Waals surface area contributed by atoms with Crippen LogP contribution in [0.15, 0.2) is 0 Å². The minimum absolute atomic E-state index is 0.0688. The molecule has 0 aromatic rings. The van der Waals surface area contributed by atoms with Gasteiger partial charge in [-0.15, -0.1) is 0 Å². The van der Waals surface area contributed by atoms with Gasteiger partial charge in [-0.05, 0) is 0 Å². The molecular weight excluding hydrogens is 134 g/mol. The Morgan fingerprint density at radius 3 is 2.50 bits per heavy atom. The summed E-state index contributed by atoms with van der Waals surface area (Å²) in [5.74, 6) is -0.0688. The van der Waals surface area contributed by atoms with Crippen LogP contribution in [-0.2, 0) is 0 Å². The van der Waals surface area contributed by atoms with Gasteiger partial charge in [-0.3, -0.25) is 5.41 Å². The van der Waals surface area contributed by atoms with E-state index < -0.39 is 6.29 Å². The number of hydrogen-bond donors (Lipinski definition) is 4. The third-order valence-corrected chi connectivity index (χ3v) is 1.13. The summed E-state index contributed by atoms with van der Waals surface area (Å²) >= 11 is 0. The summed E-state index contributed by atoms with van der Waals surface area (Å²) in [6.07, 6.45) is -1.11. The molecule has 0 radical (unpaired) electrons. The zero-order valence-electron chi connectivity index (χ0n) is 5.91. The highest BCUT2D eigenvalue weighted by molar-refractivity contribution is 5.74. The molecule has 0 aliphatic rings. The molecule has 0 fully saturated rings. The fraction of sp³-hybridized carbons (Fsp3) is 0.800. The van der Waals surface area contributed by atoms with Crippen LogP contribution < -0.4 is 5.73 Å². The molecule has 0 heterocycles. The molecule has 5 N–H and O–H groups in total. The van der Waals surface area contributed by atoms with Gasteiger partial charge in [-0.25, -0.2) is 0 Å². The summed E-state index contributed by atoms with van der Waals surface area (Å²) in [6.45, 7) is 0.382. The van der Waals surface area contributed by atoms with Crippen molar-refractivity contribution in [2.24, 2.45) is 5.73 Å². The number of guanidine groups is 1. The normalized spacial score (nSPS) is 10.0. The number of aliphatic hydroxyl groups is 2. The van der Waals surface area contributed by atoms with Crippen molar-refractivity contribution >= 4 is 5.96 Å². The van der Waals surface area contributed by atoms with Crippen LogP contribution in [0.1, 0.15) is 6.42 Å². The Balaban J connectivity index is 3.40. The summed E-state index contributed by atoms with van der Waals surface area (Å²) < 4.78 is 0. The molecule has 5 nitrogen and oxygen atoms in total. The lowest BCUT2D eigenvalue weighted by Gasteiger charge is -2.16. The number of rotatable bonds is 3. The predicted octanol–water partition coefficient (Wildman–Crippen LogP) is -1.49. The molecule has 0 saturated carbocycles.